The Morgan fingerprint density at radius 3 is 2.18 bits per heavy atom. The van der Waals surface area contributed by atoms with Gasteiger partial charge in [-0.15, -0.1) is 0 Å². The number of benzene rings is 1. The van der Waals surface area contributed by atoms with Crippen LogP contribution in [0.3, 0.4) is 0 Å². The highest BCUT2D eigenvalue weighted by molar-refractivity contribution is 5.89. The first-order valence-corrected chi connectivity index (χ1v) is 8.44. The second-order valence-electron chi connectivity index (χ2n) is 6.88. The predicted octanol–water partition coefficient (Wildman–Crippen LogP) is 1.93. The number of carbonyl (C=O) groups excluding carboxylic acids is 2. The zero-order valence-corrected chi connectivity index (χ0v) is 15.8. The topological polar surface area (TPSA) is 114 Å². The van der Waals surface area contributed by atoms with Crippen LogP contribution in [0, 0.1) is 0 Å². The second kappa shape index (κ2) is 10.5. The number of alkyl halides is 2. The Kier molecular flexibility index (Phi) is 8.77. The molecule has 10 heteroatoms. The van der Waals surface area contributed by atoms with Crippen LogP contribution in [-0.2, 0) is 25.5 Å². The number of carboxylic acid groups (broad SMARTS) is 1. The minimum atomic E-state index is -3.17. The Morgan fingerprint density at radius 1 is 1.07 bits per heavy atom. The Morgan fingerprint density at radius 2 is 1.68 bits per heavy atom. The van der Waals surface area contributed by atoms with Gasteiger partial charge in [0, 0.05) is 6.42 Å². The van der Waals surface area contributed by atoms with Crippen LogP contribution in [0.15, 0.2) is 30.3 Å². The van der Waals surface area contributed by atoms with Gasteiger partial charge in [0.1, 0.15) is 17.7 Å². The second-order valence-corrected chi connectivity index (χ2v) is 6.88. The van der Waals surface area contributed by atoms with Crippen LogP contribution in [0.4, 0.5) is 13.6 Å². The summed E-state index contributed by atoms with van der Waals surface area (Å²) in [5.74, 6) is -2.31. The molecule has 156 valence electrons. The van der Waals surface area contributed by atoms with Crippen LogP contribution in [0.5, 0.6) is 0 Å². The van der Waals surface area contributed by atoms with Crippen LogP contribution in [0.25, 0.3) is 0 Å². The largest absolute Gasteiger partial charge is 0.480 e. The molecule has 1 aromatic rings. The van der Waals surface area contributed by atoms with Gasteiger partial charge in [-0.05, 0) is 26.3 Å². The van der Waals surface area contributed by atoms with Crippen LogP contribution >= 0.6 is 0 Å². The van der Waals surface area contributed by atoms with Crippen molar-refractivity contribution in [3.05, 3.63) is 35.9 Å². The van der Waals surface area contributed by atoms with Crippen molar-refractivity contribution in [2.45, 2.75) is 51.5 Å². The van der Waals surface area contributed by atoms with Crippen molar-refractivity contribution in [2.75, 3.05) is 6.61 Å². The molecular formula is C18H24F2N2O6. The number of amides is 2. The zero-order chi connectivity index (χ0) is 21.3. The number of hydrogen-bond donors (Lipinski definition) is 3. The van der Waals surface area contributed by atoms with Crippen molar-refractivity contribution >= 4 is 18.0 Å². The summed E-state index contributed by atoms with van der Waals surface area (Å²) >= 11 is 0. The highest BCUT2D eigenvalue weighted by atomic mass is 19.3. The van der Waals surface area contributed by atoms with Crippen molar-refractivity contribution in [1.82, 2.24) is 10.6 Å². The average molecular weight is 402 g/mol. The van der Waals surface area contributed by atoms with E-state index in [4.69, 9.17) is 4.74 Å². The minimum absolute atomic E-state index is 0.0310. The third kappa shape index (κ3) is 9.26. The summed E-state index contributed by atoms with van der Waals surface area (Å²) in [6.07, 6.45) is -1.06. The highest BCUT2D eigenvalue weighted by Crippen LogP contribution is 2.08. The molecule has 0 spiro atoms. The molecule has 3 N–H and O–H groups in total. The summed E-state index contributed by atoms with van der Waals surface area (Å²) in [4.78, 5) is 35.7. The normalized spacial score (nSPS) is 13.5. The standard InChI is InChI=1S/C18H24F2N2O6/c1-18(2,3)28-17(26)22-13(10-27-16(19)20)14(23)21-12(15(24)25)9-11-7-5-4-6-8-11/h4-8,12-13,16H,9-10H2,1-3H3,(H,21,23)(H,22,26)(H,24,25)/t12-,13-/m0/s1. The maximum Gasteiger partial charge on any atom is 0.408 e. The van der Waals surface area contributed by atoms with Gasteiger partial charge in [-0.25, -0.2) is 9.59 Å². The van der Waals surface area contributed by atoms with Gasteiger partial charge in [0.15, 0.2) is 0 Å². The first-order chi connectivity index (χ1) is 13.0. The van der Waals surface area contributed by atoms with E-state index in [9.17, 15) is 28.3 Å². The molecule has 0 fully saturated rings. The van der Waals surface area contributed by atoms with Crippen molar-refractivity contribution in [3.63, 3.8) is 0 Å². The molecule has 0 unspecified atom stereocenters. The number of ether oxygens (including phenoxy) is 2. The summed E-state index contributed by atoms with van der Waals surface area (Å²) < 4.78 is 33.8. The summed E-state index contributed by atoms with van der Waals surface area (Å²) in [6, 6.07) is 5.63. The molecule has 0 aliphatic carbocycles. The summed E-state index contributed by atoms with van der Waals surface area (Å²) in [6.45, 7) is 0.711. The molecule has 2 amide bonds. The van der Waals surface area contributed by atoms with Crippen molar-refractivity contribution in [1.29, 1.82) is 0 Å². The molecule has 0 saturated heterocycles. The fraction of sp³-hybridized carbons (Fsp3) is 0.500. The lowest BCUT2D eigenvalue weighted by molar-refractivity contribution is -0.148. The Hall–Kier alpha value is -2.75. The smallest absolute Gasteiger partial charge is 0.408 e. The minimum Gasteiger partial charge on any atom is -0.480 e. The number of hydrogen-bond acceptors (Lipinski definition) is 5. The molecule has 0 aliphatic rings. The monoisotopic (exact) mass is 402 g/mol. The quantitative estimate of drug-likeness (QED) is 0.582. The van der Waals surface area contributed by atoms with Crippen molar-refractivity contribution < 1.29 is 37.7 Å². The number of halogens is 2. The number of carboxylic acids is 1. The third-order valence-electron chi connectivity index (χ3n) is 3.29. The van der Waals surface area contributed by atoms with E-state index in [0.717, 1.165) is 0 Å². The zero-order valence-electron chi connectivity index (χ0n) is 15.8. The molecule has 1 rings (SSSR count). The van der Waals surface area contributed by atoms with E-state index in [-0.39, 0.29) is 6.42 Å². The molecule has 0 heterocycles. The fourth-order valence-electron chi connectivity index (χ4n) is 2.12. The van der Waals surface area contributed by atoms with E-state index in [2.05, 4.69) is 15.4 Å². The number of aliphatic carboxylic acids is 1. The molecule has 0 aromatic heterocycles. The van der Waals surface area contributed by atoms with Gasteiger partial charge >= 0.3 is 18.7 Å². The maximum atomic E-state index is 12.4. The Balaban J connectivity index is 2.83. The molecule has 28 heavy (non-hydrogen) atoms. The number of alkyl carbamates (subject to hydrolysis) is 1. The summed E-state index contributed by atoms with van der Waals surface area (Å²) in [5, 5.41) is 13.7. The molecule has 2 atom stereocenters. The van der Waals surface area contributed by atoms with Crippen LogP contribution < -0.4 is 10.6 Å². The van der Waals surface area contributed by atoms with Gasteiger partial charge in [-0.1, -0.05) is 30.3 Å². The van der Waals surface area contributed by atoms with Crippen LogP contribution in [0.1, 0.15) is 26.3 Å². The van der Waals surface area contributed by atoms with Crippen molar-refractivity contribution in [2.24, 2.45) is 0 Å². The molecule has 1 aromatic carbocycles. The molecule has 8 nitrogen and oxygen atoms in total. The van der Waals surface area contributed by atoms with E-state index in [1.807, 2.05) is 0 Å². The lowest BCUT2D eigenvalue weighted by Gasteiger charge is -2.24. The highest BCUT2D eigenvalue weighted by Gasteiger charge is 2.29. The molecule has 0 saturated carbocycles. The lowest BCUT2D eigenvalue weighted by atomic mass is 10.1. The first kappa shape index (κ1) is 23.3. The number of nitrogens with one attached hydrogen (secondary N) is 2. The molecule has 0 bridgehead atoms. The Labute approximate surface area is 161 Å². The molecule has 0 radical (unpaired) electrons. The van der Waals surface area contributed by atoms with Gasteiger partial charge in [0.25, 0.3) is 0 Å². The molecular weight excluding hydrogens is 378 g/mol. The average Bonchev–Trinajstić information content (AvgIpc) is 2.56. The fourth-order valence-corrected chi connectivity index (χ4v) is 2.12. The number of carbonyl (C=O) groups is 3. The summed E-state index contributed by atoms with van der Waals surface area (Å²) in [7, 11) is 0. The maximum absolute atomic E-state index is 12.4. The van der Waals surface area contributed by atoms with Crippen LogP contribution in [0.2, 0.25) is 0 Å². The van der Waals surface area contributed by atoms with E-state index in [1.165, 1.54) is 0 Å². The van der Waals surface area contributed by atoms with Gasteiger partial charge in [-0.3, -0.25) is 4.79 Å². The van der Waals surface area contributed by atoms with Gasteiger partial charge in [-0.2, -0.15) is 8.78 Å². The van der Waals surface area contributed by atoms with E-state index >= 15 is 0 Å². The van der Waals surface area contributed by atoms with Gasteiger partial charge < -0.3 is 25.2 Å². The summed E-state index contributed by atoms with van der Waals surface area (Å²) in [5.41, 5.74) is -0.235. The Bertz CT molecular complexity index is 664. The van der Waals surface area contributed by atoms with Crippen molar-refractivity contribution in [3.8, 4) is 0 Å². The van der Waals surface area contributed by atoms with Crippen LogP contribution in [-0.4, -0.2) is 54.0 Å². The predicted molar refractivity (Wildman–Crippen MR) is 94.8 cm³/mol. The third-order valence-corrected chi connectivity index (χ3v) is 3.29. The molecule has 0 aliphatic heterocycles. The lowest BCUT2D eigenvalue weighted by Crippen LogP contribution is -2.54. The van der Waals surface area contributed by atoms with Gasteiger partial charge in [0.05, 0.1) is 6.61 Å². The SMILES string of the molecule is CC(C)(C)OC(=O)N[C@@H](COC(F)F)C(=O)N[C@@H](Cc1ccccc1)C(=O)O. The van der Waals surface area contributed by atoms with E-state index < -0.39 is 48.9 Å². The van der Waals surface area contributed by atoms with E-state index in [0.29, 0.717) is 5.56 Å². The van der Waals surface area contributed by atoms with Gasteiger partial charge in [0.2, 0.25) is 5.91 Å². The number of rotatable bonds is 9. The van der Waals surface area contributed by atoms with E-state index in [1.54, 1.807) is 51.1 Å². The first-order valence-electron chi connectivity index (χ1n) is 8.44.